The first-order valence-corrected chi connectivity index (χ1v) is 7.53. The van der Waals surface area contributed by atoms with Gasteiger partial charge in [0.25, 0.3) is 5.69 Å². The summed E-state index contributed by atoms with van der Waals surface area (Å²) in [4.78, 5) is 26.9. The zero-order valence-electron chi connectivity index (χ0n) is 12.4. The summed E-state index contributed by atoms with van der Waals surface area (Å²) in [5.74, 6) is -0.0193. The van der Waals surface area contributed by atoms with Crippen LogP contribution in [0.5, 0.6) is 0 Å². The Kier molecular flexibility index (Phi) is 4.35. The predicted molar refractivity (Wildman–Crippen MR) is 80.8 cm³/mol. The van der Waals surface area contributed by atoms with Crippen molar-refractivity contribution in [3.05, 3.63) is 33.9 Å². The van der Waals surface area contributed by atoms with E-state index in [4.69, 9.17) is 4.74 Å². The molecule has 2 aliphatic rings. The fourth-order valence-electron chi connectivity index (χ4n) is 2.97. The molecule has 118 valence electrons. The first kappa shape index (κ1) is 14.9. The molecule has 7 heteroatoms. The van der Waals surface area contributed by atoms with Crippen LogP contribution in [0.3, 0.4) is 0 Å². The van der Waals surface area contributed by atoms with Crippen LogP contribution in [0.25, 0.3) is 0 Å². The average molecular weight is 305 g/mol. The van der Waals surface area contributed by atoms with Crippen molar-refractivity contribution in [3.8, 4) is 0 Å². The minimum atomic E-state index is -0.435. The molecule has 0 spiro atoms. The number of fused-ring (bicyclic) bond motifs is 1. The van der Waals surface area contributed by atoms with E-state index in [2.05, 4.69) is 4.90 Å². The van der Waals surface area contributed by atoms with Crippen molar-refractivity contribution < 1.29 is 14.5 Å². The molecule has 1 aromatic carbocycles. The summed E-state index contributed by atoms with van der Waals surface area (Å²) in [6, 6.07) is 4.61. The van der Waals surface area contributed by atoms with Gasteiger partial charge < -0.3 is 9.64 Å². The van der Waals surface area contributed by atoms with E-state index in [-0.39, 0.29) is 11.6 Å². The molecule has 7 nitrogen and oxygen atoms in total. The van der Waals surface area contributed by atoms with E-state index in [0.29, 0.717) is 32.0 Å². The number of nitro benzene ring substituents is 1. The van der Waals surface area contributed by atoms with Gasteiger partial charge in [0.2, 0.25) is 5.91 Å². The van der Waals surface area contributed by atoms with Crippen LogP contribution in [0, 0.1) is 10.1 Å². The van der Waals surface area contributed by atoms with Crippen LogP contribution < -0.4 is 4.90 Å². The fraction of sp³-hybridized carbons (Fsp3) is 0.533. The Balaban J connectivity index is 1.86. The third kappa shape index (κ3) is 3.10. The number of hydrogen-bond acceptors (Lipinski definition) is 5. The molecule has 0 saturated carbocycles. The molecule has 22 heavy (non-hydrogen) atoms. The quantitative estimate of drug-likeness (QED) is 0.625. The zero-order chi connectivity index (χ0) is 15.5. The molecule has 1 amide bonds. The summed E-state index contributed by atoms with van der Waals surface area (Å²) in [6.07, 6.45) is 2.25. The predicted octanol–water partition coefficient (Wildman–Crippen LogP) is 1.55. The van der Waals surface area contributed by atoms with E-state index >= 15 is 0 Å². The Hall–Kier alpha value is -1.99. The lowest BCUT2D eigenvalue weighted by atomic mass is 10.1. The van der Waals surface area contributed by atoms with E-state index in [1.807, 2.05) is 0 Å². The van der Waals surface area contributed by atoms with Gasteiger partial charge in [0.05, 0.1) is 30.4 Å². The van der Waals surface area contributed by atoms with Gasteiger partial charge in [-0.15, -0.1) is 0 Å². The Morgan fingerprint density at radius 1 is 1.27 bits per heavy atom. The Bertz CT molecular complexity index is 584. The number of hydrogen-bond donors (Lipinski definition) is 0. The molecule has 2 aliphatic heterocycles. The van der Waals surface area contributed by atoms with Crippen molar-refractivity contribution in [1.82, 2.24) is 4.90 Å². The Morgan fingerprint density at radius 2 is 2.05 bits per heavy atom. The molecule has 2 heterocycles. The minimum absolute atomic E-state index is 0.000350. The van der Waals surface area contributed by atoms with Crippen LogP contribution in [0.15, 0.2) is 18.2 Å². The molecule has 1 fully saturated rings. The second-order valence-electron chi connectivity index (χ2n) is 5.65. The van der Waals surface area contributed by atoms with Gasteiger partial charge in [0.15, 0.2) is 0 Å². The van der Waals surface area contributed by atoms with Gasteiger partial charge >= 0.3 is 0 Å². The van der Waals surface area contributed by atoms with E-state index < -0.39 is 4.92 Å². The zero-order valence-corrected chi connectivity index (χ0v) is 12.4. The summed E-state index contributed by atoms with van der Waals surface area (Å²) in [5.41, 5.74) is 1.42. The molecule has 1 aromatic rings. The molecule has 0 N–H and O–H groups in total. The highest BCUT2D eigenvalue weighted by Gasteiger charge is 2.26. The molecule has 0 bridgehead atoms. The second-order valence-corrected chi connectivity index (χ2v) is 5.65. The average Bonchev–Trinajstić information content (AvgIpc) is 2.91. The number of benzene rings is 1. The molecule has 1 saturated heterocycles. The third-order valence-corrected chi connectivity index (χ3v) is 4.15. The molecule has 3 rings (SSSR count). The number of likely N-dealkylation sites (tertiary alicyclic amines) is 1. The van der Waals surface area contributed by atoms with E-state index in [0.717, 1.165) is 31.5 Å². The Labute approximate surface area is 128 Å². The molecule has 0 radical (unpaired) electrons. The van der Waals surface area contributed by atoms with Gasteiger partial charge in [-0.25, -0.2) is 0 Å². The number of carbonyl (C=O) groups excluding carboxylic acids is 1. The molecule has 0 aromatic heterocycles. The van der Waals surface area contributed by atoms with Crippen LogP contribution in [0.2, 0.25) is 0 Å². The number of carbonyl (C=O) groups is 1. The van der Waals surface area contributed by atoms with E-state index in [1.54, 1.807) is 11.0 Å². The smallest absolute Gasteiger partial charge is 0.271 e. The second kappa shape index (κ2) is 6.41. The number of ether oxygens (including phenoxy) is 1. The van der Waals surface area contributed by atoms with Crippen molar-refractivity contribution in [2.45, 2.75) is 19.4 Å². The lowest BCUT2D eigenvalue weighted by Crippen LogP contribution is -2.40. The molecule has 0 atom stereocenters. The lowest BCUT2D eigenvalue weighted by molar-refractivity contribution is -0.384. The summed E-state index contributed by atoms with van der Waals surface area (Å²) < 4.78 is 5.49. The van der Waals surface area contributed by atoms with E-state index in [1.165, 1.54) is 12.1 Å². The highest BCUT2D eigenvalue weighted by molar-refractivity contribution is 5.96. The number of amides is 1. The minimum Gasteiger partial charge on any atom is -0.375 e. The maximum absolute atomic E-state index is 12.6. The van der Waals surface area contributed by atoms with Crippen molar-refractivity contribution >= 4 is 17.3 Å². The number of nitro groups is 1. The Morgan fingerprint density at radius 3 is 2.77 bits per heavy atom. The van der Waals surface area contributed by atoms with Crippen molar-refractivity contribution in [1.29, 1.82) is 0 Å². The topological polar surface area (TPSA) is 75.9 Å². The first-order valence-electron chi connectivity index (χ1n) is 7.53. The third-order valence-electron chi connectivity index (χ3n) is 4.15. The van der Waals surface area contributed by atoms with Crippen LogP contribution in [0.4, 0.5) is 11.4 Å². The molecule has 0 unspecified atom stereocenters. The summed E-state index contributed by atoms with van der Waals surface area (Å²) >= 11 is 0. The van der Waals surface area contributed by atoms with E-state index in [9.17, 15) is 14.9 Å². The van der Waals surface area contributed by atoms with Crippen LogP contribution in [-0.4, -0.2) is 48.5 Å². The van der Waals surface area contributed by atoms with Gasteiger partial charge in [-0.2, -0.15) is 0 Å². The molecular formula is C15H19N3O4. The normalized spacial score (nSPS) is 18.8. The highest BCUT2D eigenvalue weighted by Crippen LogP contribution is 2.29. The van der Waals surface area contributed by atoms with Gasteiger partial charge in [-0.05, 0) is 32.0 Å². The fourth-order valence-corrected chi connectivity index (χ4v) is 2.97. The van der Waals surface area contributed by atoms with Crippen LogP contribution >= 0.6 is 0 Å². The maximum atomic E-state index is 12.6. The van der Waals surface area contributed by atoms with Crippen LogP contribution in [0.1, 0.15) is 18.4 Å². The highest BCUT2D eigenvalue weighted by atomic mass is 16.6. The number of anilines is 1. The summed E-state index contributed by atoms with van der Waals surface area (Å²) in [5, 5.41) is 11.0. The monoisotopic (exact) mass is 305 g/mol. The van der Waals surface area contributed by atoms with Gasteiger partial charge in [-0.1, -0.05) is 0 Å². The maximum Gasteiger partial charge on any atom is 0.271 e. The van der Waals surface area contributed by atoms with Crippen LogP contribution in [-0.2, 0) is 16.1 Å². The number of nitrogens with zero attached hydrogens (tertiary/aromatic N) is 3. The SMILES string of the molecule is O=C(CN1CCCC1)N1CCOCc2ccc([N+](=O)[O-])cc21. The number of non-ortho nitro benzene ring substituents is 1. The van der Waals surface area contributed by atoms with Gasteiger partial charge in [-0.3, -0.25) is 19.8 Å². The lowest BCUT2D eigenvalue weighted by Gasteiger charge is -2.24. The molecular weight excluding hydrogens is 286 g/mol. The number of rotatable bonds is 3. The van der Waals surface area contributed by atoms with Gasteiger partial charge in [0, 0.05) is 24.2 Å². The van der Waals surface area contributed by atoms with Crippen molar-refractivity contribution in [3.63, 3.8) is 0 Å². The summed E-state index contributed by atoms with van der Waals surface area (Å²) in [7, 11) is 0. The summed E-state index contributed by atoms with van der Waals surface area (Å²) in [6.45, 7) is 3.49. The standard InChI is InChI=1S/C15H19N3O4/c19-15(10-16-5-1-2-6-16)17-7-8-22-11-12-3-4-13(18(20)21)9-14(12)17/h3-4,9H,1-2,5-8,10-11H2. The van der Waals surface area contributed by atoms with Gasteiger partial charge in [0.1, 0.15) is 0 Å². The first-order chi connectivity index (χ1) is 10.6. The van der Waals surface area contributed by atoms with Crippen molar-refractivity contribution in [2.75, 3.05) is 37.7 Å². The largest absolute Gasteiger partial charge is 0.375 e. The molecule has 0 aliphatic carbocycles. The van der Waals surface area contributed by atoms with Crippen molar-refractivity contribution in [2.24, 2.45) is 0 Å².